The highest BCUT2D eigenvalue weighted by Crippen LogP contribution is 2.31. The largest absolute Gasteiger partial charge is 0.416 e. The topological polar surface area (TPSA) is 23.6 Å². The predicted molar refractivity (Wildman–Crippen MR) is 81.8 cm³/mol. The van der Waals surface area contributed by atoms with Crippen molar-refractivity contribution in [3.05, 3.63) is 29.8 Å². The molecule has 0 saturated carbocycles. The first kappa shape index (κ1) is 18.5. The number of hydrogen-bond acceptors (Lipinski definition) is 2. The van der Waals surface area contributed by atoms with Crippen LogP contribution >= 0.6 is 0 Å². The Morgan fingerprint density at radius 1 is 1.18 bits per heavy atom. The summed E-state index contributed by atoms with van der Waals surface area (Å²) >= 11 is 0. The standard InChI is InChI=1S/C16H23F3N2O/c1-12(2)10-15(22)21(9-8-20(3)4)14-7-5-6-13(11-14)16(17,18)19/h5-7,11-12H,8-10H2,1-4H3. The number of anilines is 1. The Hall–Kier alpha value is -1.56. The van der Waals surface area contributed by atoms with E-state index in [-0.39, 0.29) is 11.8 Å². The van der Waals surface area contributed by atoms with Gasteiger partial charge in [-0.2, -0.15) is 13.2 Å². The average molecular weight is 316 g/mol. The van der Waals surface area contributed by atoms with Gasteiger partial charge in [0.05, 0.1) is 5.56 Å². The van der Waals surface area contributed by atoms with E-state index < -0.39 is 11.7 Å². The van der Waals surface area contributed by atoms with E-state index in [9.17, 15) is 18.0 Å². The molecule has 1 aromatic rings. The Kier molecular flexibility index (Phi) is 6.41. The molecule has 3 nitrogen and oxygen atoms in total. The molecule has 1 aromatic carbocycles. The summed E-state index contributed by atoms with van der Waals surface area (Å²) in [5.41, 5.74) is -0.445. The van der Waals surface area contributed by atoms with Crippen LogP contribution in [0.3, 0.4) is 0 Å². The molecule has 0 N–H and O–H groups in total. The lowest BCUT2D eigenvalue weighted by Gasteiger charge is -2.26. The van der Waals surface area contributed by atoms with Gasteiger partial charge in [-0.3, -0.25) is 4.79 Å². The van der Waals surface area contributed by atoms with Crippen LogP contribution in [-0.4, -0.2) is 38.0 Å². The highest BCUT2D eigenvalue weighted by atomic mass is 19.4. The van der Waals surface area contributed by atoms with Gasteiger partial charge in [0.15, 0.2) is 0 Å². The first-order valence-electron chi connectivity index (χ1n) is 7.23. The lowest BCUT2D eigenvalue weighted by atomic mass is 10.1. The minimum Gasteiger partial charge on any atom is -0.311 e. The van der Waals surface area contributed by atoms with Crippen LogP contribution in [0.15, 0.2) is 24.3 Å². The maximum atomic E-state index is 12.8. The molecule has 0 bridgehead atoms. The van der Waals surface area contributed by atoms with E-state index in [1.54, 1.807) is 6.07 Å². The minimum atomic E-state index is -4.41. The minimum absolute atomic E-state index is 0.153. The molecule has 6 heteroatoms. The molecule has 22 heavy (non-hydrogen) atoms. The maximum absolute atomic E-state index is 12.8. The summed E-state index contributed by atoms with van der Waals surface area (Å²) in [6.07, 6.45) is -4.10. The highest BCUT2D eigenvalue weighted by molar-refractivity contribution is 5.93. The molecule has 0 heterocycles. The first-order valence-corrected chi connectivity index (χ1v) is 7.23. The van der Waals surface area contributed by atoms with Crippen LogP contribution in [0.1, 0.15) is 25.8 Å². The number of likely N-dealkylation sites (N-methyl/N-ethyl adjacent to an activating group) is 1. The Morgan fingerprint density at radius 3 is 2.32 bits per heavy atom. The molecule has 124 valence electrons. The third-order valence-electron chi connectivity index (χ3n) is 3.14. The fourth-order valence-electron chi connectivity index (χ4n) is 2.01. The molecule has 0 aromatic heterocycles. The number of rotatable bonds is 6. The number of hydrogen-bond donors (Lipinski definition) is 0. The third kappa shape index (κ3) is 5.67. The number of halogens is 3. The molecule has 0 atom stereocenters. The Balaban J connectivity index is 3.07. The number of nitrogens with zero attached hydrogens (tertiary/aromatic N) is 2. The van der Waals surface area contributed by atoms with E-state index in [0.29, 0.717) is 25.2 Å². The number of benzene rings is 1. The molecule has 0 unspecified atom stereocenters. The van der Waals surface area contributed by atoms with Crippen molar-refractivity contribution in [2.75, 3.05) is 32.1 Å². The monoisotopic (exact) mass is 316 g/mol. The molecule has 0 aliphatic carbocycles. The zero-order valence-electron chi connectivity index (χ0n) is 13.4. The van der Waals surface area contributed by atoms with Crippen LogP contribution in [0.2, 0.25) is 0 Å². The van der Waals surface area contributed by atoms with Gasteiger partial charge in [-0.25, -0.2) is 0 Å². The zero-order valence-corrected chi connectivity index (χ0v) is 13.4. The molecule has 1 amide bonds. The van der Waals surface area contributed by atoms with E-state index >= 15 is 0 Å². The molecule has 0 spiro atoms. The van der Waals surface area contributed by atoms with Crippen molar-refractivity contribution in [2.24, 2.45) is 5.92 Å². The van der Waals surface area contributed by atoms with E-state index in [0.717, 1.165) is 12.1 Å². The van der Waals surface area contributed by atoms with E-state index in [2.05, 4.69) is 0 Å². The fraction of sp³-hybridized carbons (Fsp3) is 0.562. The molecule has 1 rings (SSSR count). The number of amides is 1. The SMILES string of the molecule is CC(C)CC(=O)N(CCN(C)C)c1cccc(C(F)(F)F)c1. The molecule has 0 fully saturated rings. The van der Waals surface area contributed by atoms with Crippen LogP contribution in [0.5, 0.6) is 0 Å². The normalized spacial score (nSPS) is 12.0. The summed E-state index contributed by atoms with van der Waals surface area (Å²) in [7, 11) is 3.72. The average Bonchev–Trinajstić information content (AvgIpc) is 2.37. The van der Waals surface area contributed by atoms with Crippen LogP contribution < -0.4 is 4.90 Å². The quantitative estimate of drug-likeness (QED) is 0.800. The molecule has 0 radical (unpaired) electrons. The number of carbonyl (C=O) groups excluding carboxylic acids is 1. The van der Waals surface area contributed by atoms with Gasteiger partial charge >= 0.3 is 6.18 Å². The van der Waals surface area contributed by atoms with Crippen LogP contribution in [0.4, 0.5) is 18.9 Å². The van der Waals surface area contributed by atoms with Gasteiger partial charge in [-0.05, 0) is 38.2 Å². The second-order valence-corrected chi connectivity index (χ2v) is 5.99. The second-order valence-electron chi connectivity index (χ2n) is 5.99. The summed E-state index contributed by atoms with van der Waals surface area (Å²) in [6.45, 7) is 4.77. The number of alkyl halides is 3. The van der Waals surface area contributed by atoms with Gasteiger partial charge in [0, 0.05) is 25.2 Å². The van der Waals surface area contributed by atoms with Gasteiger partial charge in [0.25, 0.3) is 0 Å². The van der Waals surface area contributed by atoms with Crippen LogP contribution in [0, 0.1) is 5.92 Å². The molecular weight excluding hydrogens is 293 g/mol. The highest BCUT2D eigenvalue weighted by Gasteiger charge is 2.31. The summed E-state index contributed by atoms with van der Waals surface area (Å²) in [5, 5.41) is 0. The Bertz CT molecular complexity index is 498. The van der Waals surface area contributed by atoms with E-state index in [1.165, 1.54) is 11.0 Å². The molecular formula is C16H23F3N2O. The van der Waals surface area contributed by atoms with E-state index in [1.807, 2.05) is 32.8 Å². The zero-order chi connectivity index (χ0) is 16.9. The summed E-state index contributed by atoms with van der Waals surface area (Å²) in [5.74, 6) is -0.00340. The van der Waals surface area contributed by atoms with Gasteiger partial charge in [0.2, 0.25) is 5.91 Å². The summed E-state index contributed by atoms with van der Waals surface area (Å²) < 4.78 is 38.5. The molecule has 0 aliphatic heterocycles. The van der Waals surface area contributed by atoms with Gasteiger partial charge < -0.3 is 9.80 Å². The predicted octanol–water partition coefficient (Wildman–Crippen LogP) is 3.65. The van der Waals surface area contributed by atoms with Crippen molar-refractivity contribution in [3.8, 4) is 0 Å². The smallest absolute Gasteiger partial charge is 0.311 e. The van der Waals surface area contributed by atoms with Crippen molar-refractivity contribution in [3.63, 3.8) is 0 Å². The van der Waals surface area contributed by atoms with Crippen molar-refractivity contribution in [1.29, 1.82) is 0 Å². The molecule has 0 aliphatic rings. The summed E-state index contributed by atoms with van der Waals surface area (Å²) in [4.78, 5) is 15.7. The van der Waals surface area contributed by atoms with Gasteiger partial charge in [-0.1, -0.05) is 19.9 Å². The van der Waals surface area contributed by atoms with Crippen molar-refractivity contribution in [1.82, 2.24) is 4.90 Å². The Morgan fingerprint density at radius 2 is 1.82 bits per heavy atom. The molecule has 0 saturated heterocycles. The van der Waals surface area contributed by atoms with E-state index in [4.69, 9.17) is 0 Å². The lowest BCUT2D eigenvalue weighted by molar-refractivity contribution is -0.137. The number of carbonyl (C=O) groups is 1. The second kappa shape index (κ2) is 7.63. The van der Waals surface area contributed by atoms with Crippen LogP contribution in [0.25, 0.3) is 0 Å². The summed E-state index contributed by atoms with van der Waals surface area (Å²) in [6, 6.07) is 4.93. The van der Waals surface area contributed by atoms with Gasteiger partial charge in [0.1, 0.15) is 0 Å². The Labute approximate surface area is 129 Å². The van der Waals surface area contributed by atoms with Crippen molar-refractivity contribution < 1.29 is 18.0 Å². The maximum Gasteiger partial charge on any atom is 0.416 e. The lowest BCUT2D eigenvalue weighted by Crippen LogP contribution is -2.37. The fourth-order valence-corrected chi connectivity index (χ4v) is 2.01. The van der Waals surface area contributed by atoms with Crippen molar-refractivity contribution in [2.45, 2.75) is 26.4 Å². The van der Waals surface area contributed by atoms with Crippen LogP contribution in [-0.2, 0) is 11.0 Å². The first-order chi connectivity index (χ1) is 10.1. The van der Waals surface area contributed by atoms with Gasteiger partial charge in [-0.15, -0.1) is 0 Å². The van der Waals surface area contributed by atoms with Crippen molar-refractivity contribution >= 4 is 11.6 Å². The third-order valence-corrected chi connectivity index (χ3v) is 3.14.